The van der Waals surface area contributed by atoms with Gasteiger partial charge in [0.05, 0.1) is 12.1 Å². The van der Waals surface area contributed by atoms with E-state index in [-0.39, 0.29) is 17.2 Å². The molecule has 0 spiro atoms. The van der Waals surface area contributed by atoms with E-state index in [1.54, 1.807) is 18.0 Å². The van der Waals surface area contributed by atoms with Gasteiger partial charge in [-0.3, -0.25) is 9.69 Å². The van der Waals surface area contributed by atoms with Gasteiger partial charge in [-0.2, -0.15) is 0 Å². The Morgan fingerprint density at radius 2 is 1.87 bits per heavy atom. The molecular formula is C28H47N3O5S2. The Morgan fingerprint density at radius 1 is 1.18 bits per heavy atom. The predicted molar refractivity (Wildman–Crippen MR) is 156 cm³/mol. The van der Waals surface area contributed by atoms with Crippen LogP contribution in [0.2, 0.25) is 0 Å². The lowest BCUT2D eigenvalue weighted by atomic mass is 9.92. The molecule has 2 fully saturated rings. The van der Waals surface area contributed by atoms with Gasteiger partial charge in [0.25, 0.3) is 0 Å². The van der Waals surface area contributed by atoms with Crippen molar-refractivity contribution < 1.29 is 24.9 Å². The van der Waals surface area contributed by atoms with E-state index in [2.05, 4.69) is 60.4 Å². The fraction of sp³-hybridized carbons (Fsp3) is 0.750. The van der Waals surface area contributed by atoms with Crippen LogP contribution in [0.4, 0.5) is 0 Å². The van der Waals surface area contributed by atoms with Gasteiger partial charge in [-0.15, -0.1) is 23.5 Å². The molecule has 0 aliphatic carbocycles. The molecule has 4 N–H and O–H groups in total. The van der Waals surface area contributed by atoms with E-state index >= 15 is 0 Å². The van der Waals surface area contributed by atoms with Gasteiger partial charge in [-0.05, 0) is 70.3 Å². The Hall–Kier alpha value is -0.850. The number of aliphatic hydroxyl groups is 3. The summed E-state index contributed by atoms with van der Waals surface area (Å²) in [5, 5.41) is 35.0. The van der Waals surface area contributed by atoms with Gasteiger partial charge in [0.1, 0.15) is 29.9 Å². The van der Waals surface area contributed by atoms with Crippen molar-refractivity contribution in [1.29, 1.82) is 0 Å². The number of carbonyl (C=O) groups is 1. The standard InChI is InChI=1S/C28H47N3O5S2/c1-7-8-19-15-21(31(5)16-19)27(35)29-22(26-24(33)23(32)25(34)28(36-26)37-6)17(2)38-20-11-9-18(10-12-20)13-14-30(3)4/h9-12,17,19,21-26,28,32-34H,7-8,13-16H2,1-6H3,(H,29,35)/t17-,19+,21-,22+,23-,24+,25+,26+,28+/m0/s1. The van der Waals surface area contributed by atoms with Crippen LogP contribution < -0.4 is 5.32 Å². The molecule has 2 heterocycles. The van der Waals surface area contributed by atoms with E-state index < -0.39 is 35.9 Å². The maximum atomic E-state index is 13.6. The molecule has 8 nitrogen and oxygen atoms in total. The van der Waals surface area contributed by atoms with E-state index in [9.17, 15) is 20.1 Å². The molecule has 0 aromatic heterocycles. The molecule has 216 valence electrons. The molecule has 0 radical (unpaired) electrons. The summed E-state index contributed by atoms with van der Waals surface area (Å²) in [6.07, 6.45) is 0.996. The lowest BCUT2D eigenvalue weighted by Crippen LogP contribution is -2.65. The van der Waals surface area contributed by atoms with E-state index in [0.29, 0.717) is 5.92 Å². The molecule has 0 saturated carbocycles. The van der Waals surface area contributed by atoms with Gasteiger partial charge < -0.3 is 30.3 Å². The molecule has 2 saturated heterocycles. The monoisotopic (exact) mass is 569 g/mol. The average Bonchev–Trinajstić information content (AvgIpc) is 3.26. The van der Waals surface area contributed by atoms with E-state index in [4.69, 9.17) is 4.74 Å². The number of likely N-dealkylation sites (N-methyl/N-ethyl adjacent to an activating group) is 2. The Morgan fingerprint density at radius 3 is 2.47 bits per heavy atom. The highest BCUT2D eigenvalue weighted by Crippen LogP contribution is 2.34. The van der Waals surface area contributed by atoms with E-state index in [1.165, 1.54) is 17.3 Å². The van der Waals surface area contributed by atoms with Crippen molar-refractivity contribution in [3.05, 3.63) is 29.8 Å². The fourth-order valence-electron chi connectivity index (χ4n) is 5.50. The highest BCUT2D eigenvalue weighted by molar-refractivity contribution is 8.00. The van der Waals surface area contributed by atoms with E-state index in [1.807, 2.05) is 14.0 Å². The first-order valence-corrected chi connectivity index (χ1v) is 15.9. The number of thioether (sulfide) groups is 2. The Balaban J connectivity index is 1.79. The Labute approximate surface area is 236 Å². The second kappa shape index (κ2) is 14.7. The lowest BCUT2D eigenvalue weighted by Gasteiger charge is -2.44. The minimum absolute atomic E-state index is 0.0836. The second-order valence-corrected chi connectivity index (χ2v) is 13.5. The summed E-state index contributed by atoms with van der Waals surface area (Å²) in [6.45, 7) is 6.05. The van der Waals surface area contributed by atoms with Gasteiger partial charge in [0, 0.05) is 23.2 Å². The molecule has 3 rings (SSSR count). The fourth-order valence-corrected chi connectivity index (χ4v) is 7.27. The molecule has 0 unspecified atom stereocenters. The number of benzene rings is 1. The number of amides is 1. The third-order valence-electron chi connectivity index (χ3n) is 7.73. The molecule has 2 aliphatic heterocycles. The Bertz CT molecular complexity index is 875. The lowest BCUT2D eigenvalue weighted by molar-refractivity contribution is -0.205. The highest BCUT2D eigenvalue weighted by Gasteiger charge is 2.48. The smallest absolute Gasteiger partial charge is 0.237 e. The topological polar surface area (TPSA) is 106 Å². The van der Waals surface area contributed by atoms with Gasteiger partial charge >= 0.3 is 0 Å². The number of hydrogen-bond acceptors (Lipinski definition) is 9. The summed E-state index contributed by atoms with van der Waals surface area (Å²) in [5.41, 5.74) is 0.562. The second-order valence-electron chi connectivity index (χ2n) is 11.1. The number of ether oxygens (including phenoxy) is 1. The number of hydrogen-bond donors (Lipinski definition) is 4. The van der Waals surface area contributed by atoms with Crippen molar-refractivity contribution in [1.82, 2.24) is 15.1 Å². The molecule has 2 aliphatic rings. The van der Waals surface area contributed by atoms with Gasteiger partial charge in [-0.25, -0.2) is 0 Å². The summed E-state index contributed by atoms with van der Waals surface area (Å²) in [7, 11) is 6.11. The Kier molecular flexibility index (Phi) is 12.2. The van der Waals surface area contributed by atoms with Crippen LogP contribution in [0.3, 0.4) is 0 Å². The molecular weight excluding hydrogens is 522 g/mol. The van der Waals surface area contributed by atoms with Crippen LogP contribution in [-0.4, -0.2) is 119 Å². The van der Waals surface area contributed by atoms with Gasteiger partial charge in [0.2, 0.25) is 5.91 Å². The molecule has 1 aromatic carbocycles. The van der Waals surface area contributed by atoms with Crippen molar-refractivity contribution in [3.63, 3.8) is 0 Å². The van der Waals surface area contributed by atoms with Crippen LogP contribution in [0, 0.1) is 5.92 Å². The third kappa shape index (κ3) is 8.10. The van der Waals surface area contributed by atoms with Crippen LogP contribution in [0.1, 0.15) is 38.7 Å². The van der Waals surface area contributed by atoms with Crippen molar-refractivity contribution in [2.24, 2.45) is 5.92 Å². The van der Waals surface area contributed by atoms with Crippen LogP contribution >= 0.6 is 23.5 Å². The molecule has 0 bridgehead atoms. The quantitative estimate of drug-likeness (QED) is 0.282. The number of nitrogens with zero attached hydrogens (tertiary/aromatic N) is 2. The van der Waals surface area contributed by atoms with Crippen molar-refractivity contribution in [2.75, 3.05) is 40.5 Å². The summed E-state index contributed by atoms with van der Waals surface area (Å²) in [5.74, 6) is 0.408. The first kappa shape index (κ1) is 31.7. The highest BCUT2D eigenvalue weighted by atomic mass is 32.2. The zero-order chi connectivity index (χ0) is 28.0. The number of rotatable bonds is 12. The largest absolute Gasteiger partial charge is 0.388 e. The zero-order valence-electron chi connectivity index (χ0n) is 23.6. The van der Waals surface area contributed by atoms with Crippen molar-refractivity contribution in [2.45, 2.75) is 91.6 Å². The first-order chi connectivity index (χ1) is 18.0. The normalized spacial score (nSPS) is 31.9. The summed E-state index contributed by atoms with van der Waals surface area (Å²) in [6, 6.07) is 7.62. The zero-order valence-corrected chi connectivity index (χ0v) is 25.3. The minimum atomic E-state index is -1.36. The molecule has 1 aromatic rings. The summed E-state index contributed by atoms with van der Waals surface area (Å²) < 4.78 is 6.13. The minimum Gasteiger partial charge on any atom is -0.388 e. The molecule has 38 heavy (non-hydrogen) atoms. The number of likely N-dealkylation sites (tertiary alicyclic amines) is 1. The molecule has 10 heteroatoms. The SMILES string of the molecule is CCC[C@@H]1C[C@@H](C(=O)N[C@@H]([C@H]2O[C@H](SC)[C@H](O)[C@@H](O)[C@H]2O)[C@H](C)Sc2ccc(CCN(C)C)cc2)N(C)C1. The average molecular weight is 570 g/mol. The molecule has 1 amide bonds. The number of aliphatic hydroxyl groups excluding tert-OH is 3. The van der Waals surface area contributed by atoms with Crippen LogP contribution in [0.5, 0.6) is 0 Å². The third-order valence-corrected chi connectivity index (χ3v) is 9.80. The van der Waals surface area contributed by atoms with Crippen LogP contribution in [0.15, 0.2) is 29.2 Å². The van der Waals surface area contributed by atoms with E-state index in [0.717, 1.165) is 43.7 Å². The van der Waals surface area contributed by atoms with Crippen LogP contribution in [0.25, 0.3) is 0 Å². The summed E-state index contributed by atoms with van der Waals surface area (Å²) in [4.78, 5) is 18.9. The van der Waals surface area contributed by atoms with Crippen molar-refractivity contribution >= 4 is 29.4 Å². The van der Waals surface area contributed by atoms with Crippen molar-refractivity contribution in [3.8, 4) is 0 Å². The summed E-state index contributed by atoms with van der Waals surface area (Å²) >= 11 is 2.88. The van der Waals surface area contributed by atoms with Gasteiger partial charge in [-0.1, -0.05) is 32.4 Å². The predicted octanol–water partition coefficient (Wildman–Crippen LogP) is 2.05. The maximum Gasteiger partial charge on any atom is 0.237 e. The first-order valence-electron chi connectivity index (χ1n) is 13.7. The maximum absolute atomic E-state index is 13.6. The number of nitrogens with one attached hydrogen (secondary N) is 1. The number of carbonyl (C=O) groups excluding carboxylic acids is 1. The molecule has 9 atom stereocenters. The van der Waals surface area contributed by atoms with Gasteiger partial charge in [0.15, 0.2) is 0 Å². The van der Waals surface area contributed by atoms with Crippen LogP contribution in [-0.2, 0) is 16.0 Å².